The van der Waals surface area contributed by atoms with Gasteiger partial charge < -0.3 is 10.2 Å². The van der Waals surface area contributed by atoms with Gasteiger partial charge in [0.2, 0.25) is 0 Å². The quantitative estimate of drug-likeness (QED) is 0.596. The minimum atomic E-state index is 0.512. The molecule has 2 N–H and O–H groups in total. The standard InChI is InChI=1S/C14H22N5O/c1-3-18(4-2)11-7-10-15-14-16-12-8-5-6-9-13(12)19(20)17-14/h5-6,8-9H,3-4,7,10-11H2,1-2H3,(H2,15,16,17,20)/q+1. The van der Waals surface area contributed by atoms with Crippen molar-refractivity contribution >= 4 is 17.0 Å². The highest BCUT2D eigenvalue weighted by Crippen LogP contribution is 2.06. The SMILES string of the molecule is CCN(CC)CCCNc1nc2ccccc2[n+](=O)[nH]1. The molecule has 2 aromatic rings. The van der Waals surface area contributed by atoms with Crippen LogP contribution < -0.4 is 9.86 Å². The fourth-order valence-corrected chi connectivity index (χ4v) is 2.16. The predicted octanol–water partition coefficient (Wildman–Crippen LogP) is 1.62. The van der Waals surface area contributed by atoms with E-state index in [0.29, 0.717) is 17.0 Å². The van der Waals surface area contributed by atoms with E-state index in [2.05, 4.69) is 34.1 Å². The minimum Gasteiger partial charge on any atom is -0.352 e. The number of benzene rings is 1. The molecule has 6 nitrogen and oxygen atoms in total. The molecule has 6 heteroatoms. The van der Waals surface area contributed by atoms with Crippen molar-refractivity contribution in [3.63, 3.8) is 0 Å². The first kappa shape index (κ1) is 14.5. The molecule has 0 aliphatic carbocycles. The molecule has 0 saturated carbocycles. The van der Waals surface area contributed by atoms with E-state index in [-0.39, 0.29) is 0 Å². The van der Waals surface area contributed by atoms with Crippen molar-refractivity contribution in [1.29, 1.82) is 0 Å². The van der Waals surface area contributed by atoms with Crippen LogP contribution in [0.5, 0.6) is 0 Å². The zero-order chi connectivity index (χ0) is 14.4. The van der Waals surface area contributed by atoms with Crippen molar-refractivity contribution in [3.8, 4) is 0 Å². The zero-order valence-corrected chi connectivity index (χ0v) is 12.1. The molecular formula is C14H22N5O+. The summed E-state index contributed by atoms with van der Waals surface area (Å²) in [6.07, 6.45) is 1.02. The minimum absolute atomic E-state index is 0.512. The van der Waals surface area contributed by atoms with Crippen LogP contribution in [0.2, 0.25) is 0 Å². The Hall–Kier alpha value is -1.95. The lowest BCUT2D eigenvalue weighted by Crippen LogP contribution is -2.27. The second kappa shape index (κ2) is 7.00. The van der Waals surface area contributed by atoms with Crippen LogP contribution in [0, 0.1) is 4.91 Å². The van der Waals surface area contributed by atoms with Gasteiger partial charge in [-0.1, -0.05) is 31.1 Å². The van der Waals surface area contributed by atoms with E-state index in [1.54, 1.807) is 6.07 Å². The second-order valence-corrected chi connectivity index (χ2v) is 4.66. The van der Waals surface area contributed by atoms with E-state index in [1.165, 1.54) is 0 Å². The highest BCUT2D eigenvalue weighted by atomic mass is 16.3. The average Bonchev–Trinajstić information content (AvgIpc) is 2.47. The maximum absolute atomic E-state index is 11.8. The van der Waals surface area contributed by atoms with E-state index in [0.717, 1.165) is 37.1 Å². The molecule has 108 valence electrons. The Bertz CT molecular complexity index is 606. The highest BCUT2D eigenvalue weighted by molar-refractivity contribution is 5.70. The van der Waals surface area contributed by atoms with E-state index in [4.69, 9.17) is 0 Å². The lowest BCUT2D eigenvalue weighted by molar-refractivity contribution is -0.535. The Morgan fingerprint density at radius 1 is 1.30 bits per heavy atom. The number of para-hydroxylation sites is 2. The van der Waals surface area contributed by atoms with Crippen LogP contribution in [0.4, 0.5) is 5.95 Å². The number of aromatic nitrogens is 3. The van der Waals surface area contributed by atoms with Crippen LogP contribution in [0.3, 0.4) is 0 Å². The molecule has 0 bridgehead atoms. The van der Waals surface area contributed by atoms with Crippen molar-refractivity contribution in [3.05, 3.63) is 29.2 Å². The van der Waals surface area contributed by atoms with Crippen molar-refractivity contribution in [1.82, 2.24) is 15.0 Å². The summed E-state index contributed by atoms with van der Waals surface area (Å²) in [5.41, 5.74) is 1.23. The molecule has 0 aliphatic rings. The number of rotatable bonds is 7. The number of fused-ring (bicyclic) bond motifs is 1. The number of nitrogens with one attached hydrogen (secondary N) is 2. The average molecular weight is 276 g/mol. The van der Waals surface area contributed by atoms with Crippen molar-refractivity contribution < 1.29 is 4.54 Å². The van der Waals surface area contributed by atoms with Gasteiger partial charge in [-0.15, -0.1) is 0 Å². The predicted molar refractivity (Wildman–Crippen MR) is 80.4 cm³/mol. The summed E-state index contributed by atoms with van der Waals surface area (Å²) in [6.45, 7) is 8.30. The molecule has 0 unspecified atom stereocenters. The van der Waals surface area contributed by atoms with Crippen LogP contribution in [-0.2, 0) is 0 Å². The molecule has 0 atom stereocenters. The Balaban J connectivity index is 1.95. The van der Waals surface area contributed by atoms with Crippen molar-refractivity contribution in [2.75, 3.05) is 31.5 Å². The van der Waals surface area contributed by atoms with E-state index >= 15 is 0 Å². The van der Waals surface area contributed by atoms with Gasteiger partial charge in [0.1, 0.15) is 5.52 Å². The van der Waals surface area contributed by atoms with Gasteiger partial charge in [0.15, 0.2) is 4.54 Å². The maximum Gasteiger partial charge on any atom is 0.317 e. The van der Waals surface area contributed by atoms with Crippen LogP contribution >= 0.6 is 0 Å². The Kier molecular flexibility index (Phi) is 5.06. The molecule has 1 heterocycles. The molecule has 0 aliphatic heterocycles. The first-order valence-electron chi connectivity index (χ1n) is 7.12. The normalized spacial score (nSPS) is 11.2. The number of hydrogen-bond acceptors (Lipinski definition) is 4. The van der Waals surface area contributed by atoms with Gasteiger partial charge in [0.25, 0.3) is 5.95 Å². The van der Waals surface area contributed by atoms with Crippen molar-refractivity contribution in [2.45, 2.75) is 20.3 Å². The first-order chi connectivity index (χ1) is 9.74. The number of H-pyrrole nitrogens is 1. The molecule has 0 saturated heterocycles. The highest BCUT2D eigenvalue weighted by Gasteiger charge is 2.09. The smallest absolute Gasteiger partial charge is 0.317 e. The van der Waals surface area contributed by atoms with Gasteiger partial charge >= 0.3 is 5.52 Å². The van der Waals surface area contributed by atoms with E-state index < -0.39 is 0 Å². The third-order valence-corrected chi connectivity index (χ3v) is 3.38. The van der Waals surface area contributed by atoms with Crippen molar-refractivity contribution in [2.24, 2.45) is 0 Å². The van der Waals surface area contributed by atoms with E-state index in [1.807, 2.05) is 18.2 Å². The van der Waals surface area contributed by atoms with Crippen LogP contribution in [0.1, 0.15) is 20.3 Å². The Labute approximate surface area is 118 Å². The lowest BCUT2D eigenvalue weighted by atomic mass is 10.3. The summed E-state index contributed by atoms with van der Waals surface area (Å²) in [5, 5.41) is 5.86. The molecular weight excluding hydrogens is 254 g/mol. The third-order valence-electron chi connectivity index (χ3n) is 3.38. The fraction of sp³-hybridized carbons (Fsp3) is 0.500. The van der Waals surface area contributed by atoms with Gasteiger partial charge in [-0.3, -0.25) is 0 Å². The maximum atomic E-state index is 11.8. The zero-order valence-electron chi connectivity index (χ0n) is 12.1. The molecule has 1 aromatic carbocycles. The molecule has 20 heavy (non-hydrogen) atoms. The Morgan fingerprint density at radius 3 is 2.80 bits per heavy atom. The Morgan fingerprint density at radius 2 is 2.05 bits per heavy atom. The summed E-state index contributed by atoms with van der Waals surface area (Å²) in [4.78, 5) is 18.6. The summed E-state index contributed by atoms with van der Waals surface area (Å²) < 4.78 is 0.745. The summed E-state index contributed by atoms with van der Waals surface area (Å²) in [5.74, 6) is 0.512. The summed E-state index contributed by atoms with van der Waals surface area (Å²) in [6, 6.07) is 7.28. The molecule has 0 fully saturated rings. The third kappa shape index (κ3) is 3.54. The van der Waals surface area contributed by atoms with Gasteiger partial charge in [-0.25, -0.2) is 4.98 Å². The number of nitrogens with zero attached hydrogens (tertiary/aromatic N) is 3. The molecule has 1 aromatic heterocycles. The molecule has 0 radical (unpaired) electrons. The van der Waals surface area contributed by atoms with Crippen LogP contribution in [0.25, 0.3) is 11.0 Å². The van der Waals surface area contributed by atoms with Crippen LogP contribution in [-0.4, -0.2) is 41.2 Å². The lowest BCUT2D eigenvalue weighted by Gasteiger charge is -2.17. The second-order valence-electron chi connectivity index (χ2n) is 4.66. The van der Waals surface area contributed by atoms with Gasteiger partial charge in [-0.2, -0.15) is 0 Å². The summed E-state index contributed by atoms with van der Waals surface area (Å²) in [7, 11) is 0. The van der Waals surface area contributed by atoms with Gasteiger partial charge in [0, 0.05) is 12.6 Å². The van der Waals surface area contributed by atoms with Gasteiger partial charge in [0.05, 0.1) is 4.91 Å². The molecule has 2 rings (SSSR count). The summed E-state index contributed by atoms with van der Waals surface area (Å²) >= 11 is 0. The van der Waals surface area contributed by atoms with Crippen LogP contribution in [0.15, 0.2) is 24.3 Å². The fourth-order valence-electron chi connectivity index (χ4n) is 2.16. The first-order valence-corrected chi connectivity index (χ1v) is 7.12. The number of hydrogen-bond donors (Lipinski definition) is 2. The van der Waals surface area contributed by atoms with Gasteiger partial charge in [-0.05, 0) is 32.1 Å². The number of aromatic amines is 1. The molecule has 0 amide bonds. The monoisotopic (exact) mass is 276 g/mol. The molecule has 0 spiro atoms. The topological polar surface area (TPSA) is 66.9 Å². The van der Waals surface area contributed by atoms with E-state index in [9.17, 15) is 4.91 Å². The number of anilines is 1. The largest absolute Gasteiger partial charge is 0.352 e.